The summed E-state index contributed by atoms with van der Waals surface area (Å²) in [6.07, 6.45) is 2.15. The molecule has 0 aliphatic carbocycles. The van der Waals surface area contributed by atoms with Gasteiger partial charge in [0.2, 0.25) is 17.6 Å². The van der Waals surface area contributed by atoms with Crippen LogP contribution in [-0.4, -0.2) is 27.5 Å². The number of carbonyl (C=O) groups excluding carboxylic acids is 1. The van der Waals surface area contributed by atoms with E-state index in [4.69, 9.17) is 16.1 Å². The number of halogens is 1. The van der Waals surface area contributed by atoms with E-state index in [1.807, 2.05) is 48.2 Å². The molecule has 1 aromatic heterocycles. The van der Waals surface area contributed by atoms with Gasteiger partial charge in [-0.25, -0.2) is 0 Å². The summed E-state index contributed by atoms with van der Waals surface area (Å²) in [5, 5.41) is 4.70. The Balaban J connectivity index is 1.53. The number of likely N-dealkylation sites (tertiary alicyclic amines) is 1. The highest BCUT2D eigenvalue weighted by molar-refractivity contribution is 6.30. The monoisotopic (exact) mass is 381 g/mol. The molecule has 1 atom stereocenters. The number of rotatable bonds is 4. The number of aryl methyl sites for hydroxylation is 1. The van der Waals surface area contributed by atoms with Crippen LogP contribution in [0.5, 0.6) is 0 Å². The maximum Gasteiger partial charge on any atom is 0.249 e. The van der Waals surface area contributed by atoms with Crippen molar-refractivity contribution in [3.63, 3.8) is 0 Å². The van der Waals surface area contributed by atoms with Crippen LogP contribution in [0.3, 0.4) is 0 Å². The number of amides is 1. The summed E-state index contributed by atoms with van der Waals surface area (Å²) in [5.41, 5.74) is 2.98. The Hall–Kier alpha value is -2.66. The number of nitrogens with zero attached hydrogens (tertiary/aromatic N) is 3. The average molecular weight is 382 g/mol. The summed E-state index contributed by atoms with van der Waals surface area (Å²) < 4.78 is 5.50. The second kappa shape index (κ2) is 7.53. The molecule has 2 aromatic carbocycles. The van der Waals surface area contributed by atoms with E-state index >= 15 is 0 Å². The molecule has 0 saturated carbocycles. The van der Waals surface area contributed by atoms with E-state index in [0.717, 1.165) is 29.5 Å². The van der Waals surface area contributed by atoms with Crippen molar-refractivity contribution in [2.24, 2.45) is 0 Å². The van der Waals surface area contributed by atoms with Crippen molar-refractivity contribution >= 4 is 17.5 Å². The summed E-state index contributed by atoms with van der Waals surface area (Å²) >= 11 is 6.04. The molecule has 3 aromatic rings. The van der Waals surface area contributed by atoms with E-state index < -0.39 is 0 Å². The molecular weight excluding hydrogens is 362 g/mol. The van der Waals surface area contributed by atoms with E-state index in [0.29, 0.717) is 29.7 Å². The highest BCUT2D eigenvalue weighted by Crippen LogP contribution is 2.33. The van der Waals surface area contributed by atoms with Gasteiger partial charge in [0.25, 0.3) is 0 Å². The fourth-order valence-corrected chi connectivity index (χ4v) is 3.70. The molecule has 0 N–H and O–H groups in total. The number of aromatic nitrogens is 2. The molecule has 1 aliphatic heterocycles. The lowest BCUT2D eigenvalue weighted by atomic mass is 10.1. The first-order chi connectivity index (χ1) is 13.1. The lowest BCUT2D eigenvalue weighted by Gasteiger charge is -2.22. The molecule has 0 bridgehead atoms. The van der Waals surface area contributed by atoms with Gasteiger partial charge in [-0.05, 0) is 43.0 Å². The van der Waals surface area contributed by atoms with Crippen LogP contribution < -0.4 is 0 Å². The Morgan fingerprint density at radius 2 is 2.11 bits per heavy atom. The third-order valence-corrected chi connectivity index (χ3v) is 5.22. The Bertz CT molecular complexity index is 969. The second-order valence-electron chi connectivity index (χ2n) is 6.81. The van der Waals surface area contributed by atoms with Crippen LogP contribution in [0.4, 0.5) is 0 Å². The topological polar surface area (TPSA) is 59.2 Å². The van der Waals surface area contributed by atoms with Crippen LogP contribution in [0.1, 0.15) is 35.9 Å². The standard InChI is InChI=1S/C21H20ClN3O2/c1-14-6-2-3-7-15(14)13-19(26)25-11-5-10-18(25)21-23-20(24-27-21)16-8-4-9-17(22)12-16/h2-4,6-9,12,18H,5,10-11,13H2,1H3. The molecule has 1 saturated heterocycles. The summed E-state index contributed by atoms with van der Waals surface area (Å²) in [7, 11) is 0. The largest absolute Gasteiger partial charge is 0.337 e. The first-order valence-corrected chi connectivity index (χ1v) is 9.43. The van der Waals surface area contributed by atoms with Crippen molar-refractivity contribution < 1.29 is 9.32 Å². The summed E-state index contributed by atoms with van der Waals surface area (Å²) in [5.74, 6) is 1.07. The summed E-state index contributed by atoms with van der Waals surface area (Å²) in [6, 6.07) is 15.1. The second-order valence-corrected chi connectivity index (χ2v) is 7.25. The first-order valence-electron chi connectivity index (χ1n) is 9.05. The highest BCUT2D eigenvalue weighted by atomic mass is 35.5. The molecule has 1 aliphatic rings. The van der Waals surface area contributed by atoms with E-state index in [2.05, 4.69) is 10.1 Å². The molecule has 6 heteroatoms. The van der Waals surface area contributed by atoms with Crippen molar-refractivity contribution in [2.75, 3.05) is 6.54 Å². The normalized spacial score (nSPS) is 16.7. The van der Waals surface area contributed by atoms with E-state index in [1.165, 1.54) is 0 Å². The van der Waals surface area contributed by atoms with Gasteiger partial charge in [0.1, 0.15) is 6.04 Å². The number of carbonyl (C=O) groups is 1. The van der Waals surface area contributed by atoms with Gasteiger partial charge in [-0.15, -0.1) is 0 Å². The molecule has 1 amide bonds. The third-order valence-electron chi connectivity index (χ3n) is 4.99. The van der Waals surface area contributed by atoms with Crippen LogP contribution in [0.2, 0.25) is 5.02 Å². The van der Waals surface area contributed by atoms with Gasteiger partial charge in [0.15, 0.2) is 0 Å². The number of benzene rings is 2. The van der Waals surface area contributed by atoms with E-state index in [9.17, 15) is 4.79 Å². The van der Waals surface area contributed by atoms with Crippen molar-refractivity contribution in [2.45, 2.75) is 32.2 Å². The predicted molar refractivity (Wildman–Crippen MR) is 103 cm³/mol. The van der Waals surface area contributed by atoms with Gasteiger partial charge < -0.3 is 9.42 Å². The molecular formula is C21H20ClN3O2. The molecule has 2 heterocycles. The zero-order chi connectivity index (χ0) is 18.8. The first kappa shape index (κ1) is 17.7. The maximum atomic E-state index is 12.9. The van der Waals surface area contributed by atoms with E-state index in [1.54, 1.807) is 12.1 Å². The lowest BCUT2D eigenvalue weighted by Crippen LogP contribution is -2.32. The quantitative estimate of drug-likeness (QED) is 0.662. The number of hydrogen-bond acceptors (Lipinski definition) is 4. The van der Waals surface area contributed by atoms with Crippen LogP contribution in [0.15, 0.2) is 53.1 Å². The SMILES string of the molecule is Cc1ccccc1CC(=O)N1CCCC1c1nc(-c2cccc(Cl)c2)no1. The van der Waals surface area contributed by atoms with Gasteiger partial charge in [0.05, 0.1) is 6.42 Å². The van der Waals surface area contributed by atoms with Crippen molar-refractivity contribution in [3.8, 4) is 11.4 Å². The third kappa shape index (κ3) is 3.74. The van der Waals surface area contributed by atoms with Gasteiger partial charge in [-0.1, -0.05) is 53.2 Å². The Morgan fingerprint density at radius 1 is 1.26 bits per heavy atom. The van der Waals surface area contributed by atoms with Crippen molar-refractivity contribution in [1.82, 2.24) is 15.0 Å². The summed E-state index contributed by atoms with van der Waals surface area (Å²) in [4.78, 5) is 19.3. The Kier molecular flexibility index (Phi) is 4.94. The Labute approximate surface area is 163 Å². The van der Waals surface area contributed by atoms with Crippen LogP contribution in [-0.2, 0) is 11.2 Å². The van der Waals surface area contributed by atoms with Crippen molar-refractivity contribution in [3.05, 3.63) is 70.6 Å². The van der Waals surface area contributed by atoms with Crippen LogP contribution in [0.25, 0.3) is 11.4 Å². The molecule has 27 heavy (non-hydrogen) atoms. The zero-order valence-corrected chi connectivity index (χ0v) is 15.8. The Morgan fingerprint density at radius 3 is 2.93 bits per heavy atom. The predicted octanol–water partition coefficient (Wildman–Crippen LogP) is 4.60. The van der Waals surface area contributed by atoms with Crippen LogP contribution >= 0.6 is 11.6 Å². The van der Waals surface area contributed by atoms with Gasteiger partial charge in [0, 0.05) is 17.1 Å². The van der Waals surface area contributed by atoms with Gasteiger partial charge in [-0.2, -0.15) is 4.98 Å². The van der Waals surface area contributed by atoms with Gasteiger partial charge in [-0.3, -0.25) is 4.79 Å². The summed E-state index contributed by atoms with van der Waals surface area (Å²) in [6.45, 7) is 2.74. The fourth-order valence-electron chi connectivity index (χ4n) is 3.51. The molecule has 1 fully saturated rings. The van der Waals surface area contributed by atoms with Crippen LogP contribution in [0, 0.1) is 6.92 Å². The molecule has 0 radical (unpaired) electrons. The smallest absolute Gasteiger partial charge is 0.249 e. The number of hydrogen-bond donors (Lipinski definition) is 0. The fraction of sp³-hybridized carbons (Fsp3) is 0.286. The minimum atomic E-state index is -0.165. The molecule has 5 nitrogen and oxygen atoms in total. The molecule has 4 rings (SSSR count). The molecule has 0 spiro atoms. The average Bonchev–Trinajstić information content (AvgIpc) is 3.33. The minimum Gasteiger partial charge on any atom is -0.337 e. The highest BCUT2D eigenvalue weighted by Gasteiger charge is 2.34. The minimum absolute atomic E-state index is 0.0919. The lowest BCUT2D eigenvalue weighted by molar-refractivity contribution is -0.131. The van der Waals surface area contributed by atoms with Gasteiger partial charge >= 0.3 is 0 Å². The van der Waals surface area contributed by atoms with E-state index in [-0.39, 0.29) is 11.9 Å². The molecule has 138 valence electrons. The maximum absolute atomic E-state index is 12.9. The van der Waals surface area contributed by atoms with Crippen molar-refractivity contribution in [1.29, 1.82) is 0 Å². The molecule has 1 unspecified atom stereocenters. The zero-order valence-electron chi connectivity index (χ0n) is 15.1.